The zero-order chi connectivity index (χ0) is 37.8. The first kappa shape index (κ1) is 37.9. The summed E-state index contributed by atoms with van der Waals surface area (Å²) in [4.78, 5) is -3.07. The Hall–Kier alpha value is -4.32. The van der Waals surface area contributed by atoms with E-state index in [4.69, 9.17) is 10.5 Å². The van der Waals surface area contributed by atoms with Crippen LogP contribution < -0.4 is 10.5 Å². The van der Waals surface area contributed by atoms with Crippen molar-refractivity contribution in [1.82, 2.24) is 0 Å². The highest BCUT2D eigenvalue weighted by molar-refractivity contribution is 7.86. The second kappa shape index (κ2) is 13.3. The number of fused-ring (bicyclic) bond motifs is 8. The molecule has 0 saturated heterocycles. The lowest BCUT2D eigenvalue weighted by Crippen LogP contribution is -2.14. The minimum atomic E-state index is -5.01. The highest BCUT2D eigenvalue weighted by Gasteiger charge is 2.27. The van der Waals surface area contributed by atoms with Gasteiger partial charge in [-0.25, -0.2) is 0 Å². The number of hydrogen-bond donors (Lipinski definition) is 8. The van der Waals surface area contributed by atoms with Gasteiger partial charge in [0.25, 0.3) is 40.5 Å². The first-order valence-electron chi connectivity index (χ1n) is 14.4. The number of phenolic OH excluding ortho intramolecular Hbond substituents is 3. The van der Waals surface area contributed by atoms with Crippen LogP contribution in [0, 0.1) is 0 Å². The third-order valence-corrected chi connectivity index (χ3v) is 11.3. The molecule has 0 saturated carbocycles. The molecule has 0 amide bonds. The molecule has 51 heavy (non-hydrogen) atoms. The summed E-state index contributed by atoms with van der Waals surface area (Å²) in [5.41, 5.74) is 3.49. The third-order valence-electron chi connectivity index (χ3n) is 8.02. The Morgan fingerprint density at radius 2 is 0.667 bits per heavy atom. The predicted molar refractivity (Wildman–Crippen MR) is 176 cm³/mol. The van der Waals surface area contributed by atoms with Gasteiger partial charge >= 0.3 is 0 Å². The zero-order valence-electron chi connectivity index (χ0n) is 25.9. The topological polar surface area (TPSA) is 313 Å². The highest BCUT2D eigenvalue weighted by atomic mass is 32.2. The fourth-order valence-electron chi connectivity index (χ4n) is 5.74. The summed E-state index contributed by atoms with van der Waals surface area (Å²) >= 11 is 0. The van der Waals surface area contributed by atoms with Crippen LogP contribution in [0.5, 0.6) is 23.0 Å². The fourth-order valence-corrected chi connectivity index (χ4v) is 8.07. The molecule has 0 radical (unpaired) electrons. The van der Waals surface area contributed by atoms with E-state index in [1.807, 2.05) is 0 Å². The average molecular weight is 788 g/mol. The average Bonchev–Trinajstić information content (AvgIpc) is 2.99. The largest absolute Gasteiger partial charge is 0.507 e. The molecule has 1 aliphatic carbocycles. The maximum atomic E-state index is 12.4. The fraction of sp³-hybridized carbons (Fsp3) is 0.200. The standard InChI is InChI=1S/C30H29NO16S4/c31-1-2-47-30-21-5-19-11-24(49(38,39)40)9-17(28(19)33)3-15-7-23(48(35,36)37)8-16(27(15)32)4-18-10-25(50(41,42)43)12-20(29(18)34)6-22(30)14-26(13-21)51(44,45)46/h7-14,32-34H,1-6,31H2,(H,35,36,37)(H,38,39,40)(H,41,42,43)(H,44,45,46). The third kappa shape index (κ3) is 8.11. The smallest absolute Gasteiger partial charge is 0.294 e. The Kier molecular flexibility index (Phi) is 9.92. The first-order valence-corrected chi connectivity index (χ1v) is 20.2. The van der Waals surface area contributed by atoms with E-state index < -0.39 is 103 Å². The molecule has 0 fully saturated rings. The van der Waals surface area contributed by atoms with Crippen molar-refractivity contribution in [3.05, 3.63) is 93.0 Å². The minimum Gasteiger partial charge on any atom is -0.507 e. The van der Waals surface area contributed by atoms with Crippen molar-refractivity contribution in [3.8, 4) is 23.0 Å². The number of rotatable bonds is 7. The second-order valence-corrected chi connectivity index (χ2v) is 17.3. The molecule has 5 rings (SSSR count). The van der Waals surface area contributed by atoms with Gasteiger partial charge in [0.1, 0.15) is 29.6 Å². The Labute approximate surface area is 291 Å². The molecule has 0 aromatic heterocycles. The van der Waals surface area contributed by atoms with Gasteiger partial charge in [0.15, 0.2) is 0 Å². The molecule has 9 N–H and O–H groups in total. The van der Waals surface area contributed by atoms with Crippen molar-refractivity contribution in [1.29, 1.82) is 0 Å². The van der Waals surface area contributed by atoms with Crippen molar-refractivity contribution < 1.29 is 71.9 Å². The van der Waals surface area contributed by atoms with Crippen molar-refractivity contribution in [2.24, 2.45) is 5.73 Å². The lowest BCUT2D eigenvalue weighted by molar-refractivity contribution is 0.322. The Morgan fingerprint density at radius 1 is 0.451 bits per heavy atom. The van der Waals surface area contributed by atoms with Gasteiger partial charge in [-0.1, -0.05) is 0 Å². The van der Waals surface area contributed by atoms with Gasteiger partial charge in [-0.05, 0) is 48.5 Å². The van der Waals surface area contributed by atoms with Crippen LogP contribution in [-0.2, 0) is 66.2 Å². The monoisotopic (exact) mass is 787 g/mol. The van der Waals surface area contributed by atoms with E-state index in [1.165, 1.54) is 0 Å². The SMILES string of the molecule is NCCOc1c2cc(S(=O)(=O)O)cc1Cc1cc(S(=O)(=O)O)cc(c1O)Cc1cc(S(=O)(=O)O)cc(c1O)Cc1cc(S(=O)(=O)O)cc(c1O)C2. The van der Waals surface area contributed by atoms with Crippen LogP contribution in [0.25, 0.3) is 0 Å². The van der Waals surface area contributed by atoms with Crippen molar-refractivity contribution in [2.75, 3.05) is 13.2 Å². The summed E-state index contributed by atoms with van der Waals surface area (Å²) in [7, 11) is -20.0. The molecule has 274 valence electrons. The number of nitrogens with two attached hydrogens (primary N) is 1. The van der Waals surface area contributed by atoms with Crippen LogP contribution in [0.1, 0.15) is 44.5 Å². The molecule has 17 nitrogen and oxygen atoms in total. The number of aromatic hydroxyl groups is 3. The van der Waals surface area contributed by atoms with Crippen molar-refractivity contribution >= 4 is 40.5 Å². The highest BCUT2D eigenvalue weighted by Crippen LogP contribution is 2.41. The summed E-state index contributed by atoms with van der Waals surface area (Å²) in [6.45, 7) is -0.299. The van der Waals surface area contributed by atoms with E-state index in [0.717, 1.165) is 48.5 Å². The summed E-state index contributed by atoms with van der Waals surface area (Å²) in [6, 6.07) is 6.79. The molecule has 0 unspecified atom stereocenters. The predicted octanol–water partition coefficient (Wildman–Crippen LogP) is 1.80. The number of phenols is 3. The zero-order valence-corrected chi connectivity index (χ0v) is 29.1. The summed E-state index contributed by atoms with van der Waals surface area (Å²) in [6.07, 6.45) is -2.49. The number of hydrogen-bond acceptors (Lipinski definition) is 13. The Bertz CT molecular complexity index is 2410. The maximum Gasteiger partial charge on any atom is 0.294 e. The van der Waals surface area contributed by atoms with Gasteiger partial charge in [-0.15, -0.1) is 0 Å². The van der Waals surface area contributed by atoms with E-state index in [2.05, 4.69) is 0 Å². The van der Waals surface area contributed by atoms with Gasteiger partial charge in [0, 0.05) is 76.7 Å². The van der Waals surface area contributed by atoms with E-state index in [1.54, 1.807) is 0 Å². The maximum absolute atomic E-state index is 12.4. The Morgan fingerprint density at radius 3 is 0.882 bits per heavy atom. The van der Waals surface area contributed by atoms with Crippen LogP contribution in [0.4, 0.5) is 0 Å². The minimum absolute atomic E-state index is 0.0903. The van der Waals surface area contributed by atoms with Crippen LogP contribution >= 0.6 is 0 Å². The summed E-state index contributed by atoms with van der Waals surface area (Å²) in [5.74, 6) is -2.14. The molecule has 0 aliphatic heterocycles. The number of ether oxygens (including phenoxy) is 1. The molecule has 21 heteroatoms. The number of benzene rings is 4. The summed E-state index contributed by atoms with van der Waals surface area (Å²) < 4.78 is 144. The van der Waals surface area contributed by atoms with E-state index in [-0.39, 0.29) is 63.4 Å². The molecule has 4 aromatic carbocycles. The Balaban J connectivity index is 1.96. The summed E-state index contributed by atoms with van der Waals surface area (Å²) in [5, 5.41) is 34.1. The van der Waals surface area contributed by atoms with Crippen molar-refractivity contribution in [3.63, 3.8) is 0 Å². The lowest BCUT2D eigenvalue weighted by atomic mass is 9.91. The van der Waals surface area contributed by atoms with Gasteiger partial charge in [0.05, 0.1) is 19.6 Å². The van der Waals surface area contributed by atoms with Gasteiger partial charge in [-0.2, -0.15) is 33.7 Å². The van der Waals surface area contributed by atoms with E-state index in [9.17, 15) is 67.2 Å². The van der Waals surface area contributed by atoms with Crippen LogP contribution in [0.3, 0.4) is 0 Å². The molecule has 0 spiro atoms. The molecule has 4 aromatic rings. The normalized spacial score (nSPS) is 13.9. The molecule has 1 aliphatic rings. The van der Waals surface area contributed by atoms with Crippen LogP contribution in [-0.4, -0.2) is 80.4 Å². The van der Waals surface area contributed by atoms with Gasteiger partial charge < -0.3 is 25.8 Å². The van der Waals surface area contributed by atoms with Crippen LogP contribution in [0.15, 0.2) is 68.1 Å². The lowest BCUT2D eigenvalue weighted by Gasteiger charge is -2.21. The molecule has 8 bridgehead atoms. The quantitative estimate of drug-likeness (QED) is 0.109. The van der Waals surface area contributed by atoms with Gasteiger partial charge in [0.2, 0.25) is 0 Å². The van der Waals surface area contributed by atoms with Gasteiger partial charge in [-0.3, -0.25) is 18.2 Å². The van der Waals surface area contributed by atoms with E-state index in [0.29, 0.717) is 0 Å². The molecule has 0 heterocycles. The second-order valence-electron chi connectivity index (χ2n) is 11.6. The molecular formula is C30H29NO16S4. The van der Waals surface area contributed by atoms with E-state index >= 15 is 0 Å². The first-order chi connectivity index (χ1) is 23.5. The molecule has 0 atom stereocenters. The van der Waals surface area contributed by atoms with Crippen LogP contribution in [0.2, 0.25) is 0 Å². The molecular weight excluding hydrogens is 759 g/mol. The van der Waals surface area contributed by atoms with Crippen molar-refractivity contribution in [2.45, 2.75) is 45.3 Å².